The fraction of sp³-hybridized carbons (Fsp3) is 0.600. The van der Waals surface area contributed by atoms with Crippen LogP contribution in [0.25, 0.3) is 0 Å². The Bertz CT molecular complexity index is 662. The number of rotatable bonds is 4. The monoisotopic (exact) mass is 358 g/mol. The van der Waals surface area contributed by atoms with E-state index in [0.29, 0.717) is 45.6 Å². The smallest absolute Gasteiger partial charge is 0.226 e. The van der Waals surface area contributed by atoms with Crippen LogP contribution in [-0.2, 0) is 19.1 Å². The second-order valence-corrected chi connectivity index (χ2v) is 7.52. The lowest BCUT2D eigenvalue weighted by Crippen LogP contribution is -2.48. The van der Waals surface area contributed by atoms with Crippen LogP contribution in [-0.4, -0.2) is 48.8 Å². The van der Waals surface area contributed by atoms with Gasteiger partial charge in [0, 0.05) is 25.9 Å². The first-order chi connectivity index (χ1) is 12.6. The van der Waals surface area contributed by atoms with Crippen molar-refractivity contribution in [2.75, 3.05) is 26.3 Å². The number of carbonyl (C=O) groups excluding carboxylic acids is 2. The van der Waals surface area contributed by atoms with Crippen LogP contribution in [0.1, 0.15) is 37.8 Å². The Hall–Kier alpha value is -1.92. The van der Waals surface area contributed by atoms with Gasteiger partial charge in [0.25, 0.3) is 0 Å². The summed E-state index contributed by atoms with van der Waals surface area (Å²) in [4.78, 5) is 27.0. The summed E-state index contributed by atoms with van der Waals surface area (Å²) in [6.07, 6.45) is 2.08. The molecule has 3 unspecified atom stereocenters. The minimum Gasteiger partial charge on any atom is -0.349 e. The van der Waals surface area contributed by atoms with Crippen molar-refractivity contribution in [2.24, 2.45) is 11.8 Å². The molecule has 1 spiro atoms. The Balaban J connectivity index is 1.27. The van der Waals surface area contributed by atoms with Gasteiger partial charge in [-0.25, -0.2) is 0 Å². The molecule has 2 saturated heterocycles. The van der Waals surface area contributed by atoms with Gasteiger partial charge in [-0.15, -0.1) is 0 Å². The number of amides is 2. The molecular weight excluding hydrogens is 332 g/mol. The Morgan fingerprint density at radius 2 is 1.77 bits per heavy atom. The van der Waals surface area contributed by atoms with Crippen molar-refractivity contribution in [1.82, 2.24) is 10.2 Å². The lowest BCUT2D eigenvalue weighted by molar-refractivity contribution is -0.187. The Morgan fingerprint density at radius 3 is 2.42 bits per heavy atom. The van der Waals surface area contributed by atoms with Crippen LogP contribution >= 0.6 is 0 Å². The van der Waals surface area contributed by atoms with Gasteiger partial charge in [-0.3, -0.25) is 9.59 Å². The molecule has 6 heteroatoms. The van der Waals surface area contributed by atoms with Crippen LogP contribution in [0, 0.1) is 11.8 Å². The van der Waals surface area contributed by atoms with Crippen LogP contribution in [0.15, 0.2) is 30.3 Å². The summed E-state index contributed by atoms with van der Waals surface area (Å²) < 4.78 is 11.4. The van der Waals surface area contributed by atoms with E-state index >= 15 is 0 Å². The summed E-state index contributed by atoms with van der Waals surface area (Å²) in [5, 5.41) is 3.04. The number of piperidine rings is 1. The van der Waals surface area contributed by atoms with E-state index in [1.807, 2.05) is 42.2 Å². The molecule has 3 atom stereocenters. The van der Waals surface area contributed by atoms with Gasteiger partial charge in [0.15, 0.2) is 5.79 Å². The van der Waals surface area contributed by atoms with Gasteiger partial charge in [0.2, 0.25) is 11.8 Å². The summed E-state index contributed by atoms with van der Waals surface area (Å²) in [6.45, 7) is 4.53. The van der Waals surface area contributed by atoms with Gasteiger partial charge in [0.1, 0.15) is 0 Å². The maximum Gasteiger partial charge on any atom is 0.226 e. The largest absolute Gasteiger partial charge is 0.349 e. The molecular formula is C20H26N2O4. The first kappa shape index (κ1) is 17.5. The molecule has 4 rings (SSSR count). The predicted octanol–water partition coefficient (Wildman–Crippen LogP) is 1.87. The van der Waals surface area contributed by atoms with E-state index in [1.165, 1.54) is 0 Å². The molecule has 0 bridgehead atoms. The zero-order chi connectivity index (χ0) is 18.1. The Morgan fingerprint density at radius 1 is 1.12 bits per heavy atom. The van der Waals surface area contributed by atoms with Gasteiger partial charge >= 0.3 is 0 Å². The first-order valence-corrected chi connectivity index (χ1v) is 9.50. The van der Waals surface area contributed by atoms with Gasteiger partial charge in [-0.05, 0) is 18.9 Å². The molecule has 1 aromatic carbocycles. The van der Waals surface area contributed by atoms with Gasteiger partial charge < -0.3 is 19.7 Å². The molecule has 0 radical (unpaired) electrons. The van der Waals surface area contributed by atoms with E-state index in [9.17, 15) is 9.59 Å². The Kier molecular flexibility index (Phi) is 4.71. The maximum atomic E-state index is 12.7. The molecule has 1 N–H and O–H groups in total. The maximum absolute atomic E-state index is 12.7. The topological polar surface area (TPSA) is 67.9 Å². The fourth-order valence-corrected chi connectivity index (χ4v) is 3.99. The van der Waals surface area contributed by atoms with Crippen molar-refractivity contribution >= 4 is 11.8 Å². The van der Waals surface area contributed by atoms with Crippen LogP contribution in [0.2, 0.25) is 0 Å². The number of benzene rings is 1. The van der Waals surface area contributed by atoms with Crippen LogP contribution < -0.4 is 5.32 Å². The van der Waals surface area contributed by atoms with Gasteiger partial charge in [-0.1, -0.05) is 30.3 Å². The van der Waals surface area contributed by atoms with Gasteiger partial charge in [-0.2, -0.15) is 0 Å². The van der Waals surface area contributed by atoms with Crippen molar-refractivity contribution in [1.29, 1.82) is 0 Å². The molecule has 3 aliphatic rings. The normalized spacial score (nSPS) is 28.0. The highest BCUT2D eigenvalue weighted by atomic mass is 16.7. The lowest BCUT2D eigenvalue weighted by atomic mass is 10.0. The molecule has 26 heavy (non-hydrogen) atoms. The Labute approximate surface area is 153 Å². The number of carbonyl (C=O) groups is 2. The minimum absolute atomic E-state index is 0.0179. The van der Waals surface area contributed by atoms with Crippen LogP contribution in [0.5, 0.6) is 0 Å². The number of nitrogens with zero attached hydrogens (tertiary/aromatic N) is 1. The van der Waals surface area contributed by atoms with E-state index < -0.39 is 5.79 Å². The highest BCUT2D eigenvalue weighted by molar-refractivity contribution is 5.92. The average molecular weight is 358 g/mol. The summed E-state index contributed by atoms with van der Waals surface area (Å²) in [6, 6.07) is 9.82. The van der Waals surface area contributed by atoms with E-state index in [-0.39, 0.29) is 29.7 Å². The second kappa shape index (κ2) is 7.00. The van der Waals surface area contributed by atoms with Crippen molar-refractivity contribution < 1.29 is 19.1 Å². The van der Waals surface area contributed by atoms with Crippen molar-refractivity contribution in [3.05, 3.63) is 35.9 Å². The third-order valence-corrected chi connectivity index (χ3v) is 5.75. The van der Waals surface area contributed by atoms with Crippen LogP contribution in [0.4, 0.5) is 0 Å². The molecule has 0 aromatic heterocycles. The molecule has 1 saturated carbocycles. The molecule has 1 aliphatic carbocycles. The van der Waals surface area contributed by atoms with E-state index in [2.05, 4.69) is 5.32 Å². The summed E-state index contributed by atoms with van der Waals surface area (Å²) in [7, 11) is 0. The highest BCUT2D eigenvalue weighted by Crippen LogP contribution is 2.42. The lowest BCUT2D eigenvalue weighted by Gasteiger charge is -2.37. The van der Waals surface area contributed by atoms with E-state index in [1.54, 1.807) is 0 Å². The average Bonchev–Trinajstić information content (AvgIpc) is 3.36. The zero-order valence-electron chi connectivity index (χ0n) is 15.1. The minimum atomic E-state index is -0.470. The number of hydrogen-bond acceptors (Lipinski definition) is 4. The zero-order valence-corrected chi connectivity index (χ0v) is 15.1. The summed E-state index contributed by atoms with van der Waals surface area (Å²) in [5.41, 5.74) is 1.07. The predicted molar refractivity (Wildman–Crippen MR) is 95.0 cm³/mol. The molecule has 2 amide bonds. The third-order valence-electron chi connectivity index (χ3n) is 5.75. The number of hydrogen-bond donors (Lipinski definition) is 1. The molecule has 2 heterocycles. The van der Waals surface area contributed by atoms with Crippen molar-refractivity contribution in [3.63, 3.8) is 0 Å². The number of nitrogens with one attached hydrogen (secondary N) is 1. The molecule has 140 valence electrons. The molecule has 2 aliphatic heterocycles. The molecule has 6 nitrogen and oxygen atoms in total. The molecule has 3 fully saturated rings. The van der Waals surface area contributed by atoms with Gasteiger partial charge in [0.05, 0.1) is 31.1 Å². The SMILES string of the molecule is CC(NC(=O)C1CC1C(=O)N1CCC2(CC1)OCCO2)c1ccccc1. The quantitative estimate of drug-likeness (QED) is 0.892. The fourth-order valence-electron chi connectivity index (χ4n) is 3.99. The van der Waals surface area contributed by atoms with E-state index in [4.69, 9.17) is 9.47 Å². The van der Waals surface area contributed by atoms with Crippen LogP contribution in [0.3, 0.4) is 0 Å². The standard InChI is InChI=1S/C20H26N2O4/c1-14(15-5-3-2-4-6-15)21-18(23)16-13-17(16)19(24)22-9-7-20(8-10-22)25-11-12-26-20/h2-6,14,16-17H,7-13H2,1H3,(H,21,23). The highest BCUT2D eigenvalue weighted by Gasteiger charge is 2.51. The number of likely N-dealkylation sites (tertiary alicyclic amines) is 1. The van der Waals surface area contributed by atoms with Crippen molar-refractivity contribution in [3.8, 4) is 0 Å². The second-order valence-electron chi connectivity index (χ2n) is 7.52. The van der Waals surface area contributed by atoms with Crippen molar-refractivity contribution in [2.45, 2.75) is 38.0 Å². The molecule has 1 aromatic rings. The third kappa shape index (κ3) is 3.48. The van der Waals surface area contributed by atoms with E-state index in [0.717, 1.165) is 5.56 Å². The number of ether oxygens (including phenoxy) is 2. The first-order valence-electron chi connectivity index (χ1n) is 9.50. The summed E-state index contributed by atoms with van der Waals surface area (Å²) in [5.74, 6) is -0.746. The summed E-state index contributed by atoms with van der Waals surface area (Å²) >= 11 is 0.